The third kappa shape index (κ3) is 1.19. The van der Waals surface area contributed by atoms with Crippen LogP contribution in [0.1, 0.15) is 0 Å². The third-order valence-electron chi connectivity index (χ3n) is 1.05. The second-order valence-electron chi connectivity index (χ2n) is 1.69. The minimum absolute atomic E-state index is 0.770. The van der Waals surface area contributed by atoms with Gasteiger partial charge in [0.2, 0.25) is 11.6 Å². The molecule has 0 amide bonds. The molecule has 0 bridgehead atoms. The summed E-state index contributed by atoms with van der Waals surface area (Å²) in [6.07, 6.45) is 0. The van der Waals surface area contributed by atoms with Crippen LogP contribution in [0.3, 0.4) is 0 Å². The van der Waals surface area contributed by atoms with Crippen molar-refractivity contribution in [2.45, 2.75) is 0 Å². The van der Waals surface area contributed by atoms with Crippen LogP contribution in [0, 0.1) is 11.8 Å². The number of ether oxygens (including phenoxy) is 1. The molecule has 0 aromatic carbocycles. The van der Waals surface area contributed by atoms with Crippen molar-refractivity contribution in [2.75, 3.05) is 7.11 Å². The predicted octanol–water partition coefficient (Wildman–Crippen LogP) is 0.0567. The minimum Gasteiger partial charge on any atom is -0.489 e. The summed E-state index contributed by atoms with van der Waals surface area (Å²) in [5.41, 5.74) is -1.11. The highest BCUT2D eigenvalue weighted by Crippen LogP contribution is 2.13. The standard InChI is InChI=1S/C5H4F2N2O2/c1-11-3-2(6)5(10)9-8-4(3)7/h1H3,(H,9,10). The van der Waals surface area contributed by atoms with Crippen molar-refractivity contribution in [3.63, 3.8) is 0 Å². The normalized spacial score (nSPS) is 9.73. The van der Waals surface area contributed by atoms with E-state index in [-0.39, 0.29) is 0 Å². The zero-order valence-electron chi connectivity index (χ0n) is 5.52. The topological polar surface area (TPSA) is 55.0 Å². The van der Waals surface area contributed by atoms with Crippen LogP contribution in [0.15, 0.2) is 4.79 Å². The molecule has 11 heavy (non-hydrogen) atoms. The molecule has 0 unspecified atom stereocenters. The Morgan fingerprint density at radius 2 is 2.18 bits per heavy atom. The van der Waals surface area contributed by atoms with Crippen molar-refractivity contribution in [3.05, 3.63) is 22.1 Å². The van der Waals surface area contributed by atoms with E-state index in [1.807, 2.05) is 0 Å². The summed E-state index contributed by atoms with van der Waals surface area (Å²) in [7, 11) is 1.04. The molecule has 0 saturated heterocycles. The van der Waals surface area contributed by atoms with Crippen LogP contribution in [-0.4, -0.2) is 17.3 Å². The van der Waals surface area contributed by atoms with Crippen LogP contribution in [0.2, 0.25) is 0 Å². The molecule has 0 radical (unpaired) electrons. The van der Waals surface area contributed by atoms with Crippen molar-refractivity contribution in [2.24, 2.45) is 0 Å². The van der Waals surface area contributed by atoms with Crippen LogP contribution >= 0.6 is 0 Å². The van der Waals surface area contributed by atoms with Gasteiger partial charge >= 0.3 is 5.56 Å². The van der Waals surface area contributed by atoms with E-state index in [4.69, 9.17) is 0 Å². The fourth-order valence-electron chi connectivity index (χ4n) is 0.567. The lowest BCUT2D eigenvalue weighted by Crippen LogP contribution is -2.15. The van der Waals surface area contributed by atoms with Gasteiger partial charge in [0, 0.05) is 0 Å². The SMILES string of the molecule is COc1c(F)n[nH]c(=O)c1F. The lowest BCUT2D eigenvalue weighted by molar-refractivity contribution is 0.342. The van der Waals surface area contributed by atoms with E-state index in [9.17, 15) is 13.6 Å². The van der Waals surface area contributed by atoms with E-state index < -0.39 is 23.1 Å². The maximum Gasteiger partial charge on any atom is 0.304 e. The lowest BCUT2D eigenvalue weighted by atomic mass is 10.5. The summed E-state index contributed by atoms with van der Waals surface area (Å²) in [6.45, 7) is 0. The van der Waals surface area contributed by atoms with Crippen molar-refractivity contribution < 1.29 is 13.5 Å². The Labute approximate surface area is 59.8 Å². The van der Waals surface area contributed by atoms with E-state index in [1.165, 1.54) is 0 Å². The Morgan fingerprint density at radius 3 is 2.64 bits per heavy atom. The van der Waals surface area contributed by atoms with Gasteiger partial charge in [-0.15, -0.1) is 5.10 Å². The molecule has 0 spiro atoms. The van der Waals surface area contributed by atoms with Crippen LogP contribution in [0.4, 0.5) is 8.78 Å². The molecule has 6 heteroatoms. The maximum atomic E-state index is 12.5. The quantitative estimate of drug-likeness (QED) is 0.635. The Kier molecular flexibility index (Phi) is 1.84. The molecule has 0 atom stereocenters. The summed E-state index contributed by atoms with van der Waals surface area (Å²) in [6, 6.07) is 0. The van der Waals surface area contributed by atoms with Gasteiger partial charge in [-0.3, -0.25) is 4.79 Å². The first-order valence-electron chi connectivity index (χ1n) is 2.64. The van der Waals surface area contributed by atoms with Crippen LogP contribution in [-0.2, 0) is 0 Å². The van der Waals surface area contributed by atoms with Gasteiger partial charge in [0.15, 0.2) is 0 Å². The van der Waals surface area contributed by atoms with Gasteiger partial charge in [-0.25, -0.2) is 5.10 Å². The largest absolute Gasteiger partial charge is 0.489 e. The molecule has 1 heterocycles. The minimum atomic E-state index is -1.31. The maximum absolute atomic E-state index is 12.5. The Balaban J connectivity index is 3.41. The average Bonchev–Trinajstić information content (AvgIpc) is 1.99. The van der Waals surface area contributed by atoms with Crippen LogP contribution in [0.5, 0.6) is 5.75 Å². The predicted molar refractivity (Wildman–Crippen MR) is 31.3 cm³/mol. The number of hydrogen-bond acceptors (Lipinski definition) is 3. The number of methoxy groups -OCH3 is 1. The van der Waals surface area contributed by atoms with Gasteiger partial charge < -0.3 is 4.74 Å². The number of halogens is 2. The van der Waals surface area contributed by atoms with Crippen molar-refractivity contribution >= 4 is 0 Å². The second kappa shape index (κ2) is 2.65. The van der Waals surface area contributed by atoms with Crippen LogP contribution < -0.4 is 10.3 Å². The highest BCUT2D eigenvalue weighted by atomic mass is 19.1. The molecule has 0 saturated carbocycles. The van der Waals surface area contributed by atoms with Crippen molar-refractivity contribution in [3.8, 4) is 5.75 Å². The zero-order valence-corrected chi connectivity index (χ0v) is 5.52. The summed E-state index contributed by atoms with van der Waals surface area (Å²) >= 11 is 0. The van der Waals surface area contributed by atoms with Gasteiger partial charge in [-0.1, -0.05) is 0 Å². The number of hydrogen-bond donors (Lipinski definition) is 1. The van der Waals surface area contributed by atoms with Crippen LogP contribution in [0.25, 0.3) is 0 Å². The molecule has 0 aliphatic rings. The fourth-order valence-corrected chi connectivity index (χ4v) is 0.567. The van der Waals surface area contributed by atoms with Gasteiger partial charge in [0.05, 0.1) is 7.11 Å². The average molecular weight is 162 g/mol. The number of nitrogens with one attached hydrogen (secondary N) is 1. The van der Waals surface area contributed by atoms with E-state index >= 15 is 0 Å². The Bertz CT molecular complexity index is 323. The Morgan fingerprint density at radius 1 is 1.55 bits per heavy atom. The molecular formula is C5H4F2N2O2. The van der Waals surface area contributed by atoms with Crippen molar-refractivity contribution in [1.82, 2.24) is 10.2 Å². The lowest BCUT2D eigenvalue weighted by Gasteiger charge is -1.98. The molecule has 0 aliphatic carbocycles. The van der Waals surface area contributed by atoms with E-state index in [0.717, 1.165) is 7.11 Å². The van der Waals surface area contributed by atoms with E-state index in [0.29, 0.717) is 0 Å². The Hall–Kier alpha value is -1.46. The zero-order chi connectivity index (χ0) is 8.43. The fraction of sp³-hybridized carbons (Fsp3) is 0.200. The molecule has 1 aromatic heterocycles. The number of aromatic nitrogens is 2. The van der Waals surface area contributed by atoms with Gasteiger partial charge in [0.1, 0.15) is 0 Å². The summed E-state index contributed by atoms with van der Waals surface area (Å²) < 4.78 is 29.1. The number of aromatic amines is 1. The van der Waals surface area contributed by atoms with E-state index in [1.54, 1.807) is 5.10 Å². The number of H-pyrrole nitrogens is 1. The summed E-state index contributed by atoms with van der Waals surface area (Å²) in [4.78, 5) is 10.4. The smallest absolute Gasteiger partial charge is 0.304 e. The molecule has 0 fully saturated rings. The first kappa shape index (κ1) is 7.64. The van der Waals surface area contributed by atoms with Gasteiger partial charge in [0.25, 0.3) is 5.95 Å². The molecule has 1 rings (SSSR count). The number of rotatable bonds is 1. The second-order valence-corrected chi connectivity index (χ2v) is 1.69. The summed E-state index contributed by atoms with van der Waals surface area (Å²) in [5.74, 6) is -3.25. The molecule has 1 N–H and O–H groups in total. The first-order chi connectivity index (χ1) is 5.16. The molecular weight excluding hydrogens is 158 g/mol. The molecule has 0 aliphatic heterocycles. The summed E-state index contributed by atoms with van der Waals surface area (Å²) in [5, 5.41) is 4.45. The monoisotopic (exact) mass is 162 g/mol. The van der Waals surface area contributed by atoms with Gasteiger partial charge in [-0.05, 0) is 0 Å². The highest BCUT2D eigenvalue weighted by Gasteiger charge is 2.13. The molecule has 4 nitrogen and oxygen atoms in total. The molecule has 60 valence electrons. The van der Waals surface area contributed by atoms with Crippen molar-refractivity contribution in [1.29, 1.82) is 0 Å². The van der Waals surface area contributed by atoms with E-state index in [2.05, 4.69) is 9.84 Å². The van der Waals surface area contributed by atoms with Gasteiger partial charge in [-0.2, -0.15) is 8.78 Å². The molecule has 1 aromatic rings. The first-order valence-corrected chi connectivity index (χ1v) is 2.64. The number of nitrogens with zero attached hydrogens (tertiary/aromatic N) is 1. The highest BCUT2D eigenvalue weighted by molar-refractivity contribution is 5.17. The third-order valence-corrected chi connectivity index (χ3v) is 1.05.